The lowest BCUT2D eigenvalue weighted by Crippen LogP contribution is -2.44. The minimum absolute atomic E-state index is 0.110. The van der Waals surface area contributed by atoms with Crippen LogP contribution in [0.4, 0.5) is 0 Å². The van der Waals surface area contributed by atoms with Crippen molar-refractivity contribution in [1.29, 1.82) is 0 Å². The van der Waals surface area contributed by atoms with Gasteiger partial charge in [-0.3, -0.25) is 9.59 Å². The molecule has 144 valence electrons. The summed E-state index contributed by atoms with van der Waals surface area (Å²) < 4.78 is 0. The van der Waals surface area contributed by atoms with E-state index in [4.69, 9.17) is 0 Å². The lowest BCUT2D eigenvalue weighted by atomic mass is 9.95. The minimum Gasteiger partial charge on any atom is -0.342 e. The first-order valence-electron chi connectivity index (χ1n) is 9.69. The number of aromatic nitrogens is 1. The van der Waals surface area contributed by atoms with Crippen molar-refractivity contribution >= 4 is 34.5 Å². The molecule has 0 N–H and O–H groups in total. The summed E-state index contributed by atoms with van der Waals surface area (Å²) in [4.78, 5) is 34.4. The van der Waals surface area contributed by atoms with Crippen molar-refractivity contribution in [3.8, 4) is 10.6 Å². The molecule has 2 aromatic heterocycles. The SMILES string of the molecule is Cc1nc(-c2ccsc2)sc1C(=O)N1CCC(CN2CCCCC2=O)CC1. The molecule has 4 rings (SSSR count). The third kappa shape index (κ3) is 4.09. The van der Waals surface area contributed by atoms with Crippen molar-refractivity contribution in [3.63, 3.8) is 0 Å². The van der Waals surface area contributed by atoms with Gasteiger partial charge < -0.3 is 9.80 Å². The van der Waals surface area contributed by atoms with Crippen LogP contribution in [-0.4, -0.2) is 52.8 Å². The van der Waals surface area contributed by atoms with Gasteiger partial charge in [0.05, 0.1) is 5.69 Å². The molecule has 0 aromatic carbocycles. The van der Waals surface area contributed by atoms with E-state index < -0.39 is 0 Å². The van der Waals surface area contributed by atoms with Crippen LogP contribution in [0.25, 0.3) is 10.6 Å². The fraction of sp³-hybridized carbons (Fsp3) is 0.550. The van der Waals surface area contributed by atoms with Crippen LogP contribution in [0.2, 0.25) is 0 Å². The van der Waals surface area contributed by atoms with Gasteiger partial charge in [0.15, 0.2) is 0 Å². The number of carbonyl (C=O) groups excluding carboxylic acids is 2. The number of thiophene rings is 1. The zero-order valence-corrected chi connectivity index (χ0v) is 17.3. The smallest absolute Gasteiger partial charge is 0.265 e. The van der Waals surface area contributed by atoms with Crippen molar-refractivity contribution in [2.24, 2.45) is 5.92 Å². The quantitative estimate of drug-likeness (QED) is 0.774. The van der Waals surface area contributed by atoms with E-state index in [1.165, 1.54) is 11.3 Å². The van der Waals surface area contributed by atoms with E-state index in [0.717, 1.165) is 73.0 Å². The minimum atomic E-state index is 0.110. The average Bonchev–Trinajstić information content (AvgIpc) is 3.33. The highest BCUT2D eigenvalue weighted by Crippen LogP contribution is 2.31. The molecule has 2 aromatic rings. The second kappa shape index (κ2) is 8.10. The van der Waals surface area contributed by atoms with E-state index in [9.17, 15) is 9.59 Å². The molecule has 0 spiro atoms. The predicted octanol–water partition coefficient (Wildman–Crippen LogP) is 4.04. The number of amides is 2. The van der Waals surface area contributed by atoms with Crippen molar-refractivity contribution in [3.05, 3.63) is 27.4 Å². The van der Waals surface area contributed by atoms with Crippen LogP contribution in [-0.2, 0) is 4.79 Å². The van der Waals surface area contributed by atoms with Crippen LogP contribution in [0, 0.1) is 12.8 Å². The summed E-state index contributed by atoms with van der Waals surface area (Å²) in [7, 11) is 0. The first-order chi connectivity index (χ1) is 13.1. The average molecular weight is 404 g/mol. The number of likely N-dealkylation sites (tertiary alicyclic amines) is 2. The maximum Gasteiger partial charge on any atom is 0.265 e. The number of rotatable bonds is 4. The Morgan fingerprint density at radius 3 is 2.78 bits per heavy atom. The standard InChI is InChI=1S/C20H25N3O2S2/c1-14-18(27-19(21-14)16-7-11-26-13-16)20(25)22-9-5-15(6-10-22)12-23-8-3-2-4-17(23)24/h7,11,13,15H,2-6,8-10,12H2,1H3. The van der Waals surface area contributed by atoms with Gasteiger partial charge in [-0.1, -0.05) is 0 Å². The fourth-order valence-corrected chi connectivity index (χ4v) is 5.68. The molecule has 0 radical (unpaired) electrons. The van der Waals surface area contributed by atoms with Gasteiger partial charge in [-0.15, -0.1) is 11.3 Å². The van der Waals surface area contributed by atoms with Crippen LogP contribution in [0.15, 0.2) is 16.8 Å². The van der Waals surface area contributed by atoms with Gasteiger partial charge in [-0.2, -0.15) is 11.3 Å². The van der Waals surface area contributed by atoms with Gasteiger partial charge in [0, 0.05) is 43.5 Å². The Morgan fingerprint density at radius 1 is 1.26 bits per heavy atom. The molecule has 0 bridgehead atoms. The number of aryl methyl sites for hydroxylation is 1. The monoisotopic (exact) mass is 403 g/mol. The largest absolute Gasteiger partial charge is 0.342 e. The summed E-state index contributed by atoms with van der Waals surface area (Å²) in [6.07, 6.45) is 4.81. The van der Waals surface area contributed by atoms with E-state index in [-0.39, 0.29) is 5.91 Å². The maximum atomic E-state index is 13.0. The van der Waals surface area contributed by atoms with Gasteiger partial charge >= 0.3 is 0 Å². The van der Waals surface area contributed by atoms with Crippen molar-refractivity contribution < 1.29 is 9.59 Å². The van der Waals surface area contributed by atoms with Crippen LogP contribution in [0.5, 0.6) is 0 Å². The van der Waals surface area contributed by atoms with E-state index in [1.807, 2.05) is 28.2 Å². The van der Waals surface area contributed by atoms with Crippen LogP contribution in [0.3, 0.4) is 0 Å². The third-order valence-corrected chi connectivity index (χ3v) is 7.44. The molecule has 0 unspecified atom stereocenters. The van der Waals surface area contributed by atoms with Crippen LogP contribution >= 0.6 is 22.7 Å². The normalized spacial score (nSPS) is 18.9. The lowest BCUT2D eigenvalue weighted by molar-refractivity contribution is -0.134. The van der Waals surface area contributed by atoms with Crippen molar-refractivity contribution in [2.45, 2.75) is 39.0 Å². The van der Waals surface area contributed by atoms with E-state index in [2.05, 4.69) is 10.4 Å². The molecular weight excluding hydrogens is 378 g/mol. The zero-order valence-electron chi connectivity index (χ0n) is 15.6. The second-order valence-electron chi connectivity index (χ2n) is 7.48. The highest BCUT2D eigenvalue weighted by Gasteiger charge is 2.29. The Hall–Kier alpha value is -1.73. The van der Waals surface area contributed by atoms with Crippen molar-refractivity contribution in [1.82, 2.24) is 14.8 Å². The molecular formula is C20H25N3O2S2. The molecule has 2 aliphatic rings. The summed E-state index contributed by atoms with van der Waals surface area (Å²) in [5, 5.41) is 5.03. The summed E-state index contributed by atoms with van der Waals surface area (Å²) in [5.41, 5.74) is 1.92. The first-order valence-corrected chi connectivity index (χ1v) is 11.4. The van der Waals surface area contributed by atoms with Gasteiger partial charge in [-0.25, -0.2) is 4.98 Å². The Balaban J connectivity index is 1.35. The van der Waals surface area contributed by atoms with Gasteiger partial charge in [0.2, 0.25) is 5.91 Å². The van der Waals surface area contributed by atoms with Gasteiger partial charge in [0.25, 0.3) is 5.91 Å². The second-order valence-corrected chi connectivity index (χ2v) is 9.26. The molecule has 4 heterocycles. The number of hydrogen-bond donors (Lipinski definition) is 0. The maximum absolute atomic E-state index is 13.0. The predicted molar refractivity (Wildman–Crippen MR) is 109 cm³/mol. The number of piperidine rings is 2. The molecule has 0 atom stereocenters. The van der Waals surface area contributed by atoms with Crippen LogP contribution in [0.1, 0.15) is 47.5 Å². The first kappa shape index (κ1) is 18.6. The highest BCUT2D eigenvalue weighted by atomic mass is 32.1. The zero-order chi connectivity index (χ0) is 18.8. The lowest BCUT2D eigenvalue weighted by Gasteiger charge is -2.36. The number of thiazole rings is 1. The van der Waals surface area contributed by atoms with E-state index >= 15 is 0 Å². The summed E-state index contributed by atoms with van der Waals surface area (Å²) in [6.45, 7) is 5.24. The van der Waals surface area contributed by atoms with Gasteiger partial charge in [0.1, 0.15) is 9.88 Å². The van der Waals surface area contributed by atoms with E-state index in [1.54, 1.807) is 11.3 Å². The summed E-state index contributed by atoms with van der Waals surface area (Å²) in [5.74, 6) is 0.931. The van der Waals surface area contributed by atoms with Gasteiger partial charge in [-0.05, 0) is 50.0 Å². The third-order valence-electron chi connectivity index (χ3n) is 5.56. The number of hydrogen-bond acceptors (Lipinski definition) is 5. The fourth-order valence-electron chi connectivity index (χ4n) is 3.93. The Kier molecular flexibility index (Phi) is 5.59. The molecule has 0 aliphatic carbocycles. The molecule has 5 nitrogen and oxygen atoms in total. The molecule has 7 heteroatoms. The number of nitrogens with zero attached hydrogens (tertiary/aromatic N) is 3. The highest BCUT2D eigenvalue weighted by molar-refractivity contribution is 7.17. The Labute approximate surface area is 168 Å². The molecule has 0 saturated carbocycles. The molecule has 2 aliphatic heterocycles. The molecule has 27 heavy (non-hydrogen) atoms. The molecule has 2 fully saturated rings. The molecule has 2 amide bonds. The topological polar surface area (TPSA) is 53.5 Å². The Morgan fingerprint density at radius 2 is 2.07 bits per heavy atom. The Bertz CT molecular complexity index is 807. The van der Waals surface area contributed by atoms with Crippen molar-refractivity contribution in [2.75, 3.05) is 26.2 Å². The van der Waals surface area contributed by atoms with Crippen LogP contribution < -0.4 is 0 Å². The molecule has 2 saturated heterocycles. The number of carbonyl (C=O) groups is 2. The van der Waals surface area contributed by atoms with E-state index in [0.29, 0.717) is 18.2 Å². The summed E-state index contributed by atoms with van der Waals surface area (Å²) in [6, 6.07) is 2.05. The summed E-state index contributed by atoms with van der Waals surface area (Å²) >= 11 is 3.14.